The van der Waals surface area contributed by atoms with Crippen LogP contribution in [0, 0.1) is 0 Å². The fraction of sp³-hybridized carbons (Fsp3) is 0.333. The molecular weight excluding hydrogens is 406 g/mol. The number of carbonyl (C=O) groups excluding carboxylic acids is 1. The number of amides is 1. The average molecular weight is 436 g/mol. The Hall–Kier alpha value is -2.93. The molecule has 0 spiro atoms. The molecule has 0 aliphatic carbocycles. The molecule has 0 saturated heterocycles. The summed E-state index contributed by atoms with van der Waals surface area (Å²) in [5.41, 5.74) is 3.65. The quantitative estimate of drug-likeness (QED) is 0.373. The molecule has 1 amide bonds. The summed E-state index contributed by atoms with van der Waals surface area (Å²) in [5.74, 6) is 1.63. The molecule has 31 heavy (non-hydrogen) atoms. The zero-order chi connectivity index (χ0) is 22.1. The largest absolute Gasteiger partial charge is 0.357 e. The Kier molecular flexibility index (Phi) is 8.41. The van der Waals surface area contributed by atoms with Crippen LogP contribution in [0.25, 0.3) is 0 Å². The second-order valence-electron chi connectivity index (χ2n) is 7.02. The number of hydrogen-bond acceptors (Lipinski definition) is 6. The van der Waals surface area contributed by atoms with Gasteiger partial charge in [-0.15, -0.1) is 0 Å². The molecule has 162 valence electrons. The third kappa shape index (κ3) is 6.52. The third-order valence-corrected chi connectivity index (χ3v) is 5.85. The first-order chi connectivity index (χ1) is 15.1. The molecule has 0 bridgehead atoms. The molecule has 1 N–H and O–H groups in total. The maximum atomic E-state index is 12.4. The molecule has 0 atom stereocenters. The first kappa shape index (κ1) is 22.7. The SMILES string of the molecule is CCc1cc(N(CC)CC)nc(SCc2ccc(C(=O)NCc3ccccn3)cc2)n1. The topological polar surface area (TPSA) is 71.0 Å². The van der Waals surface area contributed by atoms with E-state index < -0.39 is 0 Å². The third-order valence-electron chi connectivity index (χ3n) is 4.94. The average Bonchev–Trinajstić information content (AvgIpc) is 2.83. The molecule has 3 rings (SSSR count). The first-order valence-corrected chi connectivity index (χ1v) is 11.6. The van der Waals surface area contributed by atoms with Gasteiger partial charge >= 0.3 is 0 Å². The Morgan fingerprint density at radius 2 is 1.77 bits per heavy atom. The van der Waals surface area contributed by atoms with Gasteiger partial charge in [0.15, 0.2) is 5.16 Å². The van der Waals surface area contributed by atoms with Crippen molar-refractivity contribution >= 4 is 23.5 Å². The monoisotopic (exact) mass is 435 g/mol. The Morgan fingerprint density at radius 3 is 2.42 bits per heavy atom. The van der Waals surface area contributed by atoms with Crippen LogP contribution in [0.15, 0.2) is 59.9 Å². The molecule has 0 radical (unpaired) electrons. The van der Waals surface area contributed by atoms with Crippen LogP contribution < -0.4 is 10.2 Å². The van der Waals surface area contributed by atoms with Crippen molar-refractivity contribution in [2.24, 2.45) is 0 Å². The van der Waals surface area contributed by atoms with E-state index in [1.54, 1.807) is 18.0 Å². The fourth-order valence-electron chi connectivity index (χ4n) is 3.09. The van der Waals surface area contributed by atoms with Gasteiger partial charge in [0.05, 0.1) is 12.2 Å². The van der Waals surface area contributed by atoms with Crippen LogP contribution in [0.2, 0.25) is 0 Å². The van der Waals surface area contributed by atoms with Gasteiger partial charge in [0.1, 0.15) is 5.82 Å². The van der Waals surface area contributed by atoms with Crippen molar-refractivity contribution in [1.29, 1.82) is 0 Å². The van der Waals surface area contributed by atoms with Crippen LogP contribution in [0.5, 0.6) is 0 Å². The minimum Gasteiger partial charge on any atom is -0.357 e. The van der Waals surface area contributed by atoms with Crippen LogP contribution in [0.1, 0.15) is 48.1 Å². The number of hydrogen-bond donors (Lipinski definition) is 1. The lowest BCUT2D eigenvalue weighted by molar-refractivity contribution is 0.0950. The number of thioether (sulfide) groups is 1. The van der Waals surface area contributed by atoms with E-state index in [1.807, 2.05) is 42.5 Å². The van der Waals surface area contributed by atoms with Gasteiger partial charge in [-0.1, -0.05) is 36.9 Å². The molecule has 0 aliphatic heterocycles. The van der Waals surface area contributed by atoms with Crippen molar-refractivity contribution in [2.75, 3.05) is 18.0 Å². The number of anilines is 1. The number of nitrogens with one attached hydrogen (secondary N) is 1. The van der Waals surface area contributed by atoms with E-state index in [-0.39, 0.29) is 5.91 Å². The lowest BCUT2D eigenvalue weighted by atomic mass is 10.1. The maximum absolute atomic E-state index is 12.4. The molecular formula is C24H29N5OS. The van der Waals surface area contributed by atoms with Crippen LogP contribution in [0.3, 0.4) is 0 Å². The predicted octanol–water partition coefficient (Wildman–Crippen LogP) is 4.50. The van der Waals surface area contributed by atoms with E-state index >= 15 is 0 Å². The minimum atomic E-state index is -0.104. The van der Waals surface area contributed by atoms with Crippen molar-refractivity contribution in [3.8, 4) is 0 Å². The molecule has 3 aromatic rings. The van der Waals surface area contributed by atoms with Crippen LogP contribution in [-0.2, 0) is 18.7 Å². The van der Waals surface area contributed by atoms with Crippen LogP contribution in [-0.4, -0.2) is 33.9 Å². The van der Waals surface area contributed by atoms with Gasteiger partial charge < -0.3 is 10.2 Å². The van der Waals surface area contributed by atoms with Crippen molar-refractivity contribution in [1.82, 2.24) is 20.3 Å². The van der Waals surface area contributed by atoms with Crippen molar-refractivity contribution in [3.05, 3.63) is 77.2 Å². The van der Waals surface area contributed by atoms with Gasteiger partial charge in [-0.25, -0.2) is 9.97 Å². The van der Waals surface area contributed by atoms with Crippen LogP contribution >= 0.6 is 11.8 Å². The summed E-state index contributed by atoms with van der Waals surface area (Å²) in [6, 6.07) is 15.4. The van der Waals surface area contributed by atoms with Crippen LogP contribution in [0.4, 0.5) is 5.82 Å². The summed E-state index contributed by atoms with van der Waals surface area (Å²) in [4.78, 5) is 28.2. The number of aryl methyl sites for hydroxylation is 1. The summed E-state index contributed by atoms with van der Waals surface area (Å²) < 4.78 is 0. The summed E-state index contributed by atoms with van der Waals surface area (Å²) in [6.07, 6.45) is 2.60. The van der Waals surface area contributed by atoms with Gasteiger partial charge in [-0.2, -0.15) is 0 Å². The fourth-order valence-corrected chi connectivity index (χ4v) is 3.92. The normalized spacial score (nSPS) is 10.7. The van der Waals surface area contributed by atoms with Gasteiger partial charge in [-0.3, -0.25) is 9.78 Å². The smallest absolute Gasteiger partial charge is 0.251 e. The summed E-state index contributed by atoms with van der Waals surface area (Å²) in [5, 5.41) is 3.69. The van der Waals surface area contributed by atoms with E-state index in [0.717, 1.165) is 53.2 Å². The van der Waals surface area contributed by atoms with E-state index in [2.05, 4.69) is 47.0 Å². The number of carbonyl (C=O) groups is 1. The van der Waals surface area contributed by atoms with Gasteiger partial charge in [0.2, 0.25) is 0 Å². The molecule has 0 saturated carbocycles. The second-order valence-corrected chi connectivity index (χ2v) is 7.96. The van der Waals surface area contributed by atoms with Gasteiger partial charge in [0, 0.05) is 42.4 Å². The Morgan fingerprint density at radius 1 is 1.00 bits per heavy atom. The van der Waals surface area contributed by atoms with E-state index in [1.165, 1.54) is 0 Å². The molecule has 2 aromatic heterocycles. The Bertz CT molecular complexity index is 975. The maximum Gasteiger partial charge on any atom is 0.251 e. The van der Waals surface area contributed by atoms with Crippen molar-refractivity contribution in [2.45, 2.75) is 44.6 Å². The van der Waals surface area contributed by atoms with Gasteiger partial charge in [-0.05, 0) is 50.1 Å². The van der Waals surface area contributed by atoms with E-state index in [4.69, 9.17) is 4.98 Å². The Balaban J connectivity index is 1.60. The standard InChI is InChI=1S/C24H29N5OS/c1-4-20-15-22(29(5-2)6-3)28-24(27-20)31-17-18-10-12-19(13-11-18)23(30)26-16-21-9-7-8-14-25-21/h7-15H,4-6,16-17H2,1-3H3,(H,26,30). The molecule has 0 fully saturated rings. The Labute approximate surface area is 188 Å². The highest BCUT2D eigenvalue weighted by molar-refractivity contribution is 7.98. The lowest BCUT2D eigenvalue weighted by Gasteiger charge is -2.20. The summed E-state index contributed by atoms with van der Waals surface area (Å²) in [6.45, 7) is 8.64. The lowest BCUT2D eigenvalue weighted by Crippen LogP contribution is -2.23. The van der Waals surface area contributed by atoms with Gasteiger partial charge in [0.25, 0.3) is 5.91 Å². The molecule has 0 aliphatic rings. The number of rotatable bonds is 10. The minimum absolute atomic E-state index is 0.104. The van der Waals surface area contributed by atoms with Crippen molar-refractivity contribution in [3.63, 3.8) is 0 Å². The second kappa shape index (κ2) is 11.5. The zero-order valence-corrected chi connectivity index (χ0v) is 19.2. The van der Waals surface area contributed by atoms with Crippen molar-refractivity contribution < 1.29 is 4.79 Å². The van der Waals surface area contributed by atoms with E-state index in [9.17, 15) is 4.79 Å². The highest BCUT2D eigenvalue weighted by atomic mass is 32.2. The number of aromatic nitrogens is 3. The number of nitrogens with zero attached hydrogens (tertiary/aromatic N) is 4. The summed E-state index contributed by atoms with van der Waals surface area (Å²) in [7, 11) is 0. The first-order valence-electron chi connectivity index (χ1n) is 10.7. The zero-order valence-electron chi connectivity index (χ0n) is 18.3. The van der Waals surface area contributed by atoms with E-state index in [0.29, 0.717) is 12.1 Å². The highest BCUT2D eigenvalue weighted by Gasteiger charge is 2.10. The molecule has 7 heteroatoms. The number of benzene rings is 1. The number of pyridine rings is 1. The summed E-state index contributed by atoms with van der Waals surface area (Å²) >= 11 is 1.62. The molecule has 0 unspecified atom stereocenters. The predicted molar refractivity (Wildman–Crippen MR) is 126 cm³/mol. The molecule has 1 aromatic carbocycles. The highest BCUT2D eigenvalue weighted by Crippen LogP contribution is 2.23. The molecule has 6 nitrogen and oxygen atoms in total. The molecule has 2 heterocycles.